The Morgan fingerprint density at radius 1 is 1.31 bits per heavy atom. The van der Waals surface area contributed by atoms with Crippen molar-refractivity contribution in [3.8, 4) is 0 Å². The van der Waals surface area contributed by atoms with Crippen molar-refractivity contribution in [2.75, 3.05) is 31.9 Å². The molecular formula is C20H30N6O2S. The molecule has 1 aliphatic rings. The van der Waals surface area contributed by atoms with Crippen LogP contribution in [0.15, 0.2) is 47.7 Å². The summed E-state index contributed by atoms with van der Waals surface area (Å²) >= 11 is 0. The van der Waals surface area contributed by atoms with Crippen molar-refractivity contribution in [3.05, 3.63) is 53.9 Å². The number of aliphatic imine (C=N–C) groups is 1. The van der Waals surface area contributed by atoms with E-state index in [2.05, 4.69) is 31.2 Å². The van der Waals surface area contributed by atoms with E-state index in [1.807, 2.05) is 55.2 Å². The number of sulfonamides is 1. The second-order valence-electron chi connectivity index (χ2n) is 7.24. The fraction of sp³-hybridized carbons (Fsp3) is 0.500. The minimum absolute atomic E-state index is 0.0331. The summed E-state index contributed by atoms with van der Waals surface area (Å²) in [5, 5.41) is 7.55. The van der Waals surface area contributed by atoms with Crippen LogP contribution in [0, 0.1) is 0 Å². The van der Waals surface area contributed by atoms with Crippen molar-refractivity contribution in [3.63, 3.8) is 0 Å². The lowest BCUT2D eigenvalue weighted by Crippen LogP contribution is -2.40. The molecule has 1 aliphatic heterocycles. The van der Waals surface area contributed by atoms with Crippen LogP contribution in [0.5, 0.6) is 0 Å². The second-order valence-corrected chi connectivity index (χ2v) is 9.17. The van der Waals surface area contributed by atoms with Crippen LogP contribution in [0.1, 0.15) is 30.4 Å². The largest absolute Gasteiger partial charge is 0.357 e. The van der Waals surface area contributed by atoms with E-state index < -0.39 is 10.0 Å². The van der Waals surface area contributed by atoms with Crippen molar-refractivity contribution in [1.82, 2.24) is 24.7 Å². The van der Waals surface area contributed by atoms with E-state index in [9.17, 15) is 8.42 Å². The maximum Gasteiger partial charge on any atom is 0.213 e. The molecule has 2 aromatic rings. The molecule has 2 heterocycles. The fourth-order valence-corrected chi connectivity index (χ4v) is 4.30. The van der Waals surface area contributed by atoms with E-state index in [0.29, 0.717) is 12.5 Å². The van der Waals surface area contributed by atoms with E-state index in [1.54, 1.807) is 0 Å². The molecule has 0 saturated carbocycles. The molecule has 1 saturated heterocycles. The molecule has 0 spiro atoms. The number of aryl methyl sites for hydroxylation is 1. The first-order valence-electron chi connectivity index (χ1n) is 10.00. The first kappa shape index (κ1) is 21.3. The lowest BCUT2D eigenvalue weighted by atomic mass is 10.0. The average molecular weight is 419 g/mol. The van der Waals surface area contributed by atoms with Gasteiger partial charge in [0.05, 0.1) is 18.5 Å². The van der Waals surface area contributed by atoms with Gasteiger partial charge in [-0.15, -0.1) is 0 Å². The predicted molar refractivity (Wildman–Crippen MR) is 115 cm³/mol. The highest BCUT2D eigenvalue weighted by molar-refractivity contribution is 7.89. The summed E-state index contributed by atoms with van der Waals surface area (Å²) in [4.78, 5) is 6.76. The summed E-state index contributed by atoms with van der Waals surface area (Å²) in [6, 6.07) is 9.50. The van der Waals surface area contributed by atoms with Crippen LogP contribution < -0.4 is 10.0 Å². The number of benzene rings is 1. The summed E-state index contributed by atoms with van der Waals surface area (Å²) in [5.41, 5.74) is 2.17. The number of likely N-dealkylation sites (tertiary alicyclic amines) is 1. The van der Waals surface area contributed by atoms with E-state index in [1.165, 1.54) is 5.56 Å². The number of hydrogen-bond acceptors (Lipinski definition) is 4. The average Bonchev–Trinajstić information content (AvgIpc) is 3.36. The van der Waals surface area contributed by atoms with Crippen molar-refractivity contribution in [2.24, 2.45) is 12.0 Å². The van der Waals surface area contributed by atoms with Crippen LogP contribution >= 0.6 is 0 Å². The van der Waals surface area contributed by atoms with Gasteiger partial charge in [0, 0.05) is 45.3 Å². The van der Waals surface area contributed by atoms with Crippen LogP contribution in [0.2, 0.25) is 0 Å². The highest BCUT2D eigenvalue weighted by atomic mass is 32.2. The minimum Gasteiger partial charge on any atom is -0.357 e. The van der Waals surface area contributed by atoms with Gasteiger partial charge in [-0.1, -0.05) is 30.3 Å². The Kier molecular flexibility index (Phi) is 7.27. The Hall–Kier alpha value is -2.39. The summed E-state index contributed by atoms with van der Waals surface area (Å²) in [6.07, 6.45) is 5.01. The maximum atomic E-state index is 12.3. The van der Waals surface area contributed by atoms with Crippen LogP contribution in [-0.2, 0) is 23.6 Å². The highest BCUT2D eigenvalue weighted by Gasteiger charge is 2.27. The Labute approximate surface area is 173 Å². The quantitative estimate of drug-likeness (QED) is 0.498. The Morgan fingerprint density at radius 3 is 2.79 bits per heavy atom. The third kappa shape index (κ3) is 6.30. The second kappa shape index (κ2) is 9.89. The zero-order valence-corrected chi connectivity index (χ0v) is 17.9. The molecule has 0 amide bonds. The normalized spacial score (nSPS) is 17.7. The summed E-state index contributed by atoms with van der Waals surface area (Å²) in [5.74, 6) is 1.16. The number of nitrogens with one attached hydrogen (secondary N) is 2. The number of guanidine groups is 1. The molecular weight excluding hydrogens is 388 g/mol. The molecule has 3 rings (SSSR count). The van der Waals surface area contributed by atoms with Crippen molar-refractivity contribution >= 4 is 16.0 Å². The molecule has 1 atom stereocenters. The van der Waals surface area contributed by atoms with Gasteiger partial charge in [-0.25, -0.2) is 13.1 Å². The monoisotopic (exact) mass is 418 g/mol. The smallest absolute Gasteiger partial charge is 0.213 e. The van der Waals surface area contributed by atoms with Gasteiger partial charge in [0.2, 0.25) is 10.0 Å². The van der Waals surface area contributed by atoms with E-state index >= 15 is 0 Å². The lowest BCUT2D eigenvalue weighted by molar-refractivity contribution is 0.486. The minimum atomic E-state index is -3.38. The molecule has 0 bridgehead atoms. The third-order valence-electron chi connectivity index (χ3n) is 4.98. The first-order valence-corrected chi connectivity index (χ1v) is 11.6. The Morgan fingerprint density at radius 2 is 2.10 bits per heavy atom. The molecule has 2 N–H and O–H groups in total. The molecule has 1 unspecified atom stereocenters. The molecule has 158 valence electrons. The SMILES string of the molecule is CCNC(=NCCS(=O)(=O)NCc1ccccc1)N1CCC(c2cnn(C)c2)C1. The summed E-state index contributed by atoms with van der Waals surface area (Å²) < 4.78 is 29.0. The molecule has 1 aromatic heterocycles. The predicted octanol–water partition coefficient (Wildman–Crippen LogP) is 1.29. The van der Waals surface area contributed by atoms with Crippen molar-refractivity contribution < 1.29 is 8.42 Å². The van der Waals surface area contributed by atoms with Gasteiger partial charge in [0.1, 0.15) is 0 Å². The highest BCUT2D eigenvalue weighted by Crippen LogP contribution is 2.26. The van der Waals surface area contributed by atoms with E-state index in [-0.39, 0.29) is 12.3 Å². The Bertz CT molecular complexity index is 910. The standard InChI is InChI=1S/C20H30N6O2S/c1-3-21-20(26-11-9-18(16-26)19-14-23-25(2)15-19)22-10-12-29(27,28)24-13-17-7-5-4-6-8-17/h4-8,14-15,18,24H,3,9-13,16H2,1-2H3,(H,21,22). The van der Waals surface area contributed by atoms with Crippen LogP contribution in [0.3, 0.4) is 0 Å². The molecule has 1 aromatic carbocycles. The third-order valence-corrected chi connectivity index (χ3v) is 6.28. The summed E-state index contributed by atoms with van der Waals surface area (Å²) in [7, 11) is -1.45. The topological polar surface area (TPSA) is 91.6 Å². The lowest BCUT2D eigenvalue weighted by Gasteiger charge is -2.21. The summed E-state index contributed by atoms with van der Waals surface area (Å²) in [6.45, 7) is 5.03. The van der Waals surface area contributed by atoms with Gasteiger partial charge in [-0.3, -0.25) is 9.67 Å². The van der Waals surface area contributed by atoms with Gasteiger partial charge < -0.3 is 10.2 Å². The number of nitrogens with zero attached hydrogens (tertiary/aromatic N) is 4. The number of aromatic nitrogens is 2. The van der Waals surface area contributed by atoms with Crippen LogP contribution in [-0.4, -0.2) is 61.0 Å². The molecule has 0 radical (unpaired) electrons. The Balaban J connectivity index is 1.53. The van der Waals surface area contributed by atoms with E-state index in [0.717, 1.165) is 37.6 Å². The molecule has 8 nitrogen and oxygen atoms in total. The number of rotatable bonds is 8. The van der Waals surface area contributed by atoms with Gasteiger partial charge in [-0.2, -0.15) is 5.10 Å². The van der Waals surface area contributed by atoms with Crippen molar-refractivity contribution in [2.45, 2.75) is 25.8 Å². The van der Waals surface area contributed by atoms with Gasteiger partial charge >= 0.3 is 0 Å². The van der Waals surface area contributed by atoms with Crippen LogP contribution in [0.4, 0.5) is 0 Å². The van der Waals surface area contributed by atoms with Gasteiger partial charge in [-0.05, 0) is 24.5 Å². The van der Waals surface area contributed by atoms with Crippen LogP contribution in [0.25, 0.3) is 0 Å². The van der Waals surface area contributed by atoms with Gasteiger partial charge in [0.25, 0.3) is 0 Å². The van der Waals surface area contributed by atoms with Gasteiger partial charge in [0.15, 0.2) is 5.96 Å². The molecule has 9 heteroatoms. The van der Waals surface area contributed by atoms with E-state index in [4.69, 9.17) is 0 Å². The zero-order chi connectivity index (χ0) is 20.7. The first-order chi connectivity index (χ1) is 14.0. The molecule has 1 fully saturated rings. The maximum absolute atomic E-state index is 12.3. The molecule has 29 heavy (non-hydrogen) atoms. The molecule has 0 aliphatic carbocycles. The zero-order valence-electron chi connectivity index (χ0n) is 17.1. The fourth-order valence-electron chi connectivity index (χ4n) is 3.43. The van der Waals surface area contributed by atoms with Crippen molar-refractivity contribution in [1.29, 1.82) is 0 Å². The number of hydrogen-bond donors (Lipinski definition) is 2.